The number of hydrogen-bond donors (Lipinski definition) is 1. The third kappa shape index (κ3) is 3.25. The van der Waals surface area contributed by atoms with Crippen LogP contribution in [0.3, 0.4) is 0 Å². The van der Waals surface area contributed by atoms with Crippen LogP contribution in [0.15, 0.2) is 22.7 Å². The van der Waals surface area contributed by atoms with Crippen molar-refractivity contribution < 1.29 is 10.0 Å². The van der Waals surface area contributed by atoms with Crippen molar-refractivity contribution in [2.24, 2.45) is 0 Å². The Hall–Kier alpha value is -1.14. The number of aliphatic hydroxyl groups excluding tert-OH is 1. The highest BCUT2D eigenvalue weighted by Crippen LogP contribution is 2.35. The molecular formula is C13H17BrN2O3. The van der Waals surface area contributed by atoms with E-state index in [-0.39, 0.29) is 17.2 Å². The van der Waals surface area contributed by atoms with Crippen molar-refractivity contribution in [3.05, 3.63) is 32.8 Å². The summed E-state index contributed by atoms with van der Waals surface area (Å²) in [5, 5.41) is 20.4. The molecule has 0 saturated heterocycles. The molecule has 0 bridgehead atoms. The minimum Gasteiger partial charge on any atom is -0.395 e. The zero-order chi connectivity index (χ0) is 13.8. The molecule has 1 aliphatic rings. The van der Waals surface area contributed by atoms with E-state index in [9.17, 15) is 15.2 Å². The lowest BCUT2D eigenvalue weighted by Crippen LogP contribution is -2.36. The second kappa shape index (κ2) is 6.34. The van der Waals surface area contributed by atoms with E-state index < -0.39 is 0 Å². The van der Waals surface area contributed by atoms with Gasteiger partial charge in [-0.1, -0.05) is 28.8 Å². The van der Waals surface area contributed by atoms with Gasteiger partial charge >= 0.3 is 0 Å². The highest BCUT2D eigenvalue weighted by molar-refractivity contribution is 9.10. The molecule has 5 nitrogen and oxygen atoms in total. The maximum Gasteiger partial charge on any atom is 0.293 e. The number of halogens is 1. The summed E-state index contributed by atoms with van der Waals surface area (Å²) in [6.07, 6.45) is 4.37. The van der Waals surface area contributed by atoms with Crippen molar-refractivity contribution in [3.63, 3.8) is 0 Å². The molecule has 0 aliphatic heterocycles. The van der Waals surface area contributed by atoms with E-state index in [1.165, 1.54) is 6.07 Å². The molecule has 1 aliphatic carbocycles. The SMILES string of the molecule is O=[N+]([O-])c1cc(Br)ccc1N(CCO)C1CCCC1. The summed E-state index contributed by atoms with van der Waals surface area (Å²) >= 11 is 3.26. The Morgan fingerprint density at radius 2 is 2.11 bits per heavy atom. The number of nitro benzene ring substituents is 1. The fraction of sp³-hybridized carbons (Fsp3) is 0.538. The molecular weight excluding hydrogens is 312 g/mol. The Bertz CT molecular complexity index is 461. The average molecular weight is 329 g/mol. The molecule has 1 N–H and O–H groups in total. The van der Waals surface area contributed by atoms with E-state index in [4.69, 9.17) is 0 Å². The van der Waals surface area contributed by atoms with Gasteiger partial charge in [-0.2, -0.15) is 0 Å². The predicted molar refractivity (Wildman–Crippen MR) is 77.5 cm³/mol. The summed E-state index contributed by atoms with van der Waals surface area (Å²) in [5.74, 6) is 0. The van der Waals surface area contributed by atoms with E-state index in [1.54, 1.807) is 6.07 Å². The Labute approximate surface area is 120 Å². The molecule has 0 heterocycles. The lowest BCUT2D eigenvalue weighted by molar-refractivity contribution is -0.384. The monoisotopic (exact) mass is 328 g/mol. The van der Waals surface area contributed by atoms with E-state index in [1.807, 2.05) is 11.0 Å². The summed E-state index contributed by atoms with van der Waals surface area (Å²) in [6.45, 7) is 0.441. The molecule has 1 aromatic rings. The molecule has 0 unspecified atom stereocenters. The minimum atomic E-state index is -0.362. The van der Waals surface area contributed by atoms with Gasteiger partial charge in [-0.3, -0.25) is 10.1 Å². The Kier molecular flexibility index (Phi) is 4.76. The van der Waals surface area contributed by atoms with Gasteiger partial charge in [0.1, 0.15) is 5.69 Å². The quantitative estimate of drug-likeness (QED) is 0.666. The van der Waals surface area contributed by atoms with Crippen LogP contribution in [0, 0.1) is 10.1 Å². The highest BCUT2D eigenvalue weighted by atomic mass is 79.9. The normalized spacial score (nSPS) is 15.7. The first-order valence-corrected chi connectivity index (χ1v) is 7.24. The van der Waals surface area contributed by atoms with Crippen molar-refractivity contribution in [2.45, 2.75) is 31.7 Å². The number of hydrogen-bond acceptors (Lipinski definition) is 4. The first-order valence-electron chi connectivity index (χ1n) is 6.45. The van der Waals surface area contributed by atoms with E-state index in [0.717, 1.165) is 25.7 Å². The first-order chi connectivity index (χ1) is 9.13. The molecule has 0 amide bonds. The van der Waals surface area contributed by atoms with E-state index >= 15 is 0 Å². The van der Waals surface area contributed by atoms with Crippen LogP contribution < -0.4 is 4.90 Å². The lowest BCUT2D eigenvalue weighted by atomic mass is 10.1. The second-order valence-corrected chi connectivity index (χ2v) is 5.66. The topological polar surface area (TPSA) is 66.6 Å². The molecule has 2 rings (SSSR count). The third-order valence-electron chi connectivity index (χ3n) is 3.55. The molecule has 104 valence electrons. The van der Waals surface area contributed by atoms with Gasteiger partial charge in [0.05, 0.1) is 11.5 Å². The van der Waals surface area contributed by atoms with Crippen LogP contribution in [0.2, 0.25) is 0 Å². The molecule has 0 aromatic heterocycles. The zero-order valence-electron chi connectivity index (χ0n) is 10.6. The number of benzene rings is 1. The second-order valence-electron chi connectivity index (χ2n) is 4.75. The van der Waals surface area contributed by atoms with Gasteiger partial charge in [-0.05, 0) is 25.0 Å². The number of aliphatic hydroxyl groups is 1. The Morgan fingerprint density at radius 1 is 1.42 bits per heavy atom. The first kappa shape index (κ1) is 14.3. The van der Waals surface area contributed by atoms with E-state index in [2.05, 4.69) is 15.9 Å². The van der Waals surface area contributed by atoms with Crippen LogP contribution in [0.5, 0.6) is 0 Å². The van der Waals surface area contributed by atoms with Crippen LogP contribution in [0.1, 0.15) is 25.7 Å². The average Bonchev–Trinajstić information content (AvgIpc) is 2.90. The van der Waals surface area contributed by atoms with Crippen molar-refractivity contribution in [2.75, 3.05) is 18.1 Å². The number of rotatable bonds is 5. The fourth-order valence-corrected chi connectivity index (χ4v) is 3.06. The van der Waals surface area contributed by atoms with Crippen LogP contribution in [-0.4, -0.2) is 29.2 Å². The van der Waals surface area contributed by atoms with Crippen molar-refractivity contribution in [3.8, 4) is 0 Å². The molecule has 0 spiro atoms. The number of nitro groups is 1. The van der Waals surface area contributed by atoms with Crippen LogP contribution in [-0.2, 0) is 0 Å². The molecule has 6 heteroatoms. The van der Waals surface area contributed by atoms with Gasteiger partial charge in [0.2, 0.25) is 0 Å². The Balaban J connectivity index is 2.37. The maximum atomic E-state index is 11.2. The van der Waals surface area contributed by atoms with Gasteiger partial charge in [0.15, 0.2) is 0 Å². The van der Waals surface area contributed by atoms with Gasteiger partial charge in [-0.15, -0.1) is 0 Å². The third-order valence-corrected chi connectivity index (χ3v) is 4.04. The standard InChI is InChI=1S/C13H17BrN2O3/c14-10-5-6-12(13(9-10)16(18)19)15(7-8-17)11-3-1-2-4-11/h5-6,9,11,17H,1-4,7-8H2. The summed E-state index contributed by atoms with van der Waals surface area (Å²) < 4.78 is 0.693. The zero-order valence-corrected chi connectivity index (χ0v) is 12.2. The van der Waals surface area contributed by atoms with Gasteiger partial charge in [0, 0.05) is 23.1 Å². The molecule has 1 aromatic carbocycles. The van der Waals surface area contributed by atoms with Gasteiger partial charge < -0.3 is 10.0 Å². The molecule has 0 radical (unpaired) electrons. The fourth-order valence-electron chi connectivity index (χ4n) is 2.71. The lowest BCUT2D eigenvalue weighted by Gasteiger charge is -2.30. The van der Waals surface area contributed by atoms with E-state index in [0.29, 0.717) is 22.7 Å². The largest absolute Gasteiger partial charge is 0.395 e. The summed E-state index contributed by atoms with van der Waals surface area (Å²) in [5.41, 5.74) is 0.698. The number of anilines is 1. The molecule has 0 atom stereocenters. The van der Waals surface area contributed by atoms with Crippen LogP contribution >= 0.6 is 15.9 Å². The Morgan fingerprint density at radius 3 is 2.68 bits per heavy atom. The van der Waals surface area contributed by atoms with Gasteiger partial charge in [0.25, 0.3) is 5.69 Å². The predicted octanol–water partition coefficient (Wildman–Crippen LogP) is 3.10. The molecule has 19 heavy (non-hydrogen) atoms. The van der Waals surface area contributed by atoms with Crippen molar-refractivity contribution in [1.29, 1.82) is 0 Å². The highest BCUT2D eigenvalue weighted by Gasteiger charge is 2.27. The van der Waals surface area contributed by atoms with Gasteiger partial charge in [-0.25, -0.2) is 0 Å². The maximum absolute atomic E-state index is 11.2. The van der Waals surface area contributed by atoms with Crippen LogP contribution in [0.4, 0.5) is 11.4 Å². The number of nitrogens with zero attached hydrogens (tertiary/aromatic N) is 2. The minimum absolute atomic E-state index is 0.00369. The smallest absolute Gasteiger partial charge is 0.293 e. The molecule has 1 saturated carbocycles. The summed E-state index contributed by atoms with van der Waals surface area (Å²) in [7, 11) is 0. The van der Waals surface area contributed by atoms with Crippen molar-refractivity contribution >= 4 is 27.3 Å². The molecule has 1 fully saturated rings. The van der Waals surface area contributed by atoms with Crippen molar-refractivity contribution in [1.82, 2.24) is 0 Å². The summed E-state index contributed by atoms with van der Waals surface area (Å²) in [4.78, 5) is 12.8. The summed E-state index contributed by atoms with van der Waals surface area (Å²) in [6, 6.07) is 5.39. The van der Waals surface area contributed by atoms with Crippen LogP contribution in [0.25, 0.3) is 0 Å².